The number of aliphatic hydroxyl groups is 1. The maximum absolute atomic E-state index is 9.94. The van der Waals surface area contributed by atoms with Crippen molar-refractivity contribution in [3.05, 3.63) is 16.6 Å². The van der Waals surface area contributed by atoms with Gasteiger partial charge in [-0.3, -0.25) is 0 Å². The minimum atomic E-state index is -0.368. The largest absolute Gasteiger partial charge is 0.386 e. The Hall–Kier alpha value is -0.450. The van der Waals surface area contributed by atoms with Gasteiger partial charge in [0.1, 0.15) is 11.1 Å². The molecule has 4 heteroatoms. The zero-order valence-corrected chi connectivity index (χ0v) is 8.26. The van der Waals surface area contributed by atoms with Crippen molar-refractivity contribution in [2.75, 3.05) is 13.1 Å². The molecule has 13 heavy (non-hydrogen) atoms. The molecule has 2 N–H and O–H groups in total. The first-order valence-corrected chi connectivity index (χ1v) is 5.54. The number of nitrogens with zero attached hydrogens (tertiary/aromatic N) is 1. The van der Waals surface area contributed by atoms with Crippen LogP contribution in [0.15, 0.2) is 11.6 Å². The molecule has 1 aromatic rings. The lowest BCUT2D eigenvalue weighted by Gasteiger charge is -2.25. The molecule has 0 bridgehead atoms. The van der Waals surface area contributed by atoms with Crippen LogP contribution < -0.4 is 5.32 Å². The summed E-state index contributed by atoms with van der Waals surface area (Å²) >= 11 is 1.54. The van der Waals surface area contributed by atoms with Gasteiger partial charge in [-0.25, -0.2) is 4.98 Å². The molecule has 3 nitrogen and oxygen atoms in total. The maximum atomic E-state index is 9.94. The van der Waals surface area contributed by atoms with Gasteiger partial charge in [-0.15, -0.1) is 11.3 Å². The Balaban J connectivity index is 1.99. The Kier molecular flexibility index (Phi) is 2.93. The van der Waals surface area contributed by atoms with Crippen LogP contribution in [0.1, 0.15) is 24.0 Å². The second-order valence-corrected chi connectivity index (χ2v) is 4.35. The first-order valence-electron chi connectivity index (χ1n) is 4.66. The topological polar surface area (TPSA) is 45.2 Å². The molecule has 0 aromatic carbocycles. The molecule has 1 fully saturated rings. The number of hydrogen-bond acceptors (Lipinski definition) is 4. The van der Waals surface area contributed by atoms with Crippen LogP contribution in [0, 0.1) is 5.92 Å². The van der Waals surface area contributed by atoms with E-state index in [0.717, 1.165) is 30.9 Å². The third-order valence-electron chi connectivity index (χ3n) is 2.49. The van der Waals surface area contributed by atoms with Crippen LogP contribution in [0.5, 0.6) is 0 Å². The lowest BCUT2D eigenvalue weighted by atomic mass is 9.94. The summed E-state index contributed by atoms with van der Waals surface area (Å²) in [6.45, 7) is 2.00. The monoisotopic (exact) mass is 198 g/mol. The smallest absolute Gasteiger partial charge is 0.121 e. The predicted molar refractivity (Wildman–Crippen MR) is 52.7 cm³/mol. The van der Waals surface area contributed by atoms with Gasteiger partial charge in [-0.05, 0) is 19.4 Å². The van der Waals surface area contributed by atoms with E-state index in [1.165, 1.54) is 11.3 Å². The summed E-state index contributed by atoms with van der Waals surface area (Å²) in [5.74, 6) is 0.347. The van der Waals surface area contributed by atoms with Crippen molar-refractivity contribution in [1.29, 1.82) is 0 Å². The van der Waals surface area contributed by atoms with Crippen molar-refractivity contribution in [2.24, 2.45) is 5.92 Å². The van der Waals surface area contributed by atoms with Gasteiger partial charge in [0.05, 0.1) is 0 Å². The highest BCUT2D eigenvalue weighted by molar-refractivity contribution is 7.09. The van der Waals surface area contributed by atoms with Crippen molar-refractivity contribution in [3.8, 4) is 0 Å². The Morgan fingerprint density at radius 1 is 1.69 bits per heavy atom. The average molecular weight is 198 g/mol. The van der Waals surface area contributed by atoms with Crippen molar-refractivity contribution in [1.82, 2.24) is 10.3 Å². The van der Waals surface area contributed by atoms with Crippen molar-refractivity contribution >= 4 is 11.3 Å². The van der Waals surface area contributed by atoms with E-state index in [2.05, 4.69) is 10.3 Å². The van der Waals surface area contributed by atoms with E-state index in [1.807, 2.05) is 5.38 Å². The number of piperidine rings is 1. The highest BCUT2D eigenvalue weighted by atomic mass is 32.1. The second kappa shape index (κ2) is 4.17. The van der Waals surface area contributed by atoms with Crippen LogP contribution in [-0.4, -0.2) is 23.2 Å². The van der Waals surface area contributed by atoms with Gasteiger partial charge >= 0.3 is 0 Å². The van der Waals surface area contributed by atoms with Gasteiger partial charge in [0.15, 0.2) is 0 Å². The van der Waals surface area contributed by atoms with E-state index in [4.69, 9.17) is 0 Å². The number of thiazole rings is 1. The zero-order chi connectivity index (χ0) is 9.10. The highest BCUT2D eigenvalue weighted by Gasteiger charge is 2.24. The normalized spacial score (nSPS) is 25.8. The van der Waals surface area contributed by atoms with Gasteiger partial charge in [0.2, 0.25) is 0 Å². The summed E-state index contributed by atoms with van der Waals surface area (Å²) < 4.78 is 0. The molecule has 0 radical (unpaired) electrons. The standard InChI is InChI=1S/C9H14N2OS/c12-8(9-11-4-5-13-9)7-2-1-3-10-6-7/h4-5,7-8,10,12H,1-3,6H2. The van der Waals surface area contributed by atoms with E-state index in [9.17, 15) is 5.11 Å². The van der Waals surface area contributed by atoms with E-state index in [0.29, 0.717) is 5.92 Å². The lowest BCUT2D eigenvalue weighted by Crippen LogP contribution is -2.33. The molecule has 2 atom stereocenters. The summed E-state index contributed by atoms with van der Waals surface area (Å²) in [6.07, 6.45) is 3.65. The lowest BCUT2D eigenvalue weighted by molar-refractivity contribution is 0.0919. The van der Waals surface area contributed by atoms with Gasteiger partial charge in [0, 0.05) is 24.0 Å². The Morgan fingerprint density at radius 3 is 3.23 bits per heavy atom. The molecular formula is C9H14N2OS. The third-order valence-corrected chi connectivity index (χ3v) is 3.33. The van der Waals surface area contributed by atoms with Crippen LogP contribution in [0.3, 0.4) is 0 Å². The number of hydrogen-bond donors (Lipinski definition) is 2. The molecule has 0 spiro atoms. The van der Waals surface area contributed by atoms with Gasteiger partial charge in [-0.1, -0.05) is 0 Å². The predicted octanol–water partition coefficient (Wildman–Crippen LogP) is 1.18. The fraction of sp³-hybridized carbons (Fsp3) is 0.667. The Labute approximate surface area is 81.8 Å². The number of aromatic nitrogens is 1. The van der Waals surface area contributed by atoms with E-state index < -0.39 is 0 Å². The fourth-order valence-electron chi connectivity index (χ4n) is 1.73. The van der Waals surface area contributed by atoms with E-state index >= 15 is 0 Å². The molecule has 0 aliphatic carbocycles. The summed E-state index contributed by atoms with van der Waals surface area (Å²) in [6, 6.07) is 0. The molecule has 2 rings (SSSR count). The summed E-state index contributed by atoms with van der Waals surface area (Å²) in [5.41, 5.74) is 0. The van der Waals surface area contributed by atoms with Crippen LogP contribution in [-0.2, 0) is 0 Å². The molecule has 1 saturated heterocycles. The summed E-state index contributed by atoms with van der Waals surface area (Å²) in [7, 11) is 0. The van der Waals surface area contributed by atoms with Crippen LogP contribution >= 0.6 is 11.3 Å². The van der Waals surface area contributed by atoms with Crippen LogP contribution in [0.4, 0.5) is 0 Å². The van der Waals surface area contributed by atoms with Gasteiger partial charge < -0.3 is 10.4 Å². The molecule has 1 aliphatic rings. The van der Waals surface area contributed by atoms with Gasteiger partial charge in [-0.2, -0.15) is 0 Å². The van der Waals surface area contributed by atoms with E-state index in [1.54, 1.807) is 6.20 Å². The summed E-state index contributed by atoms with van der Waals surface area (Å²) in [5, 5.41) is 16.0. The molecular weight excluding hydrogens is 184 g/mol. The van der Waals surface area contributed by atoms with Crippen LogP contribution in [0.2, 0.25) is 0 Å². The number of aliphatic hydroxyl groups excluding tert-OH is 1. The quantitative estimate of drug-likeness (QED) is 0.750. The van der Waals surface area contributed by atoms with Crippen molar-refractivity contribution in [2.45, 2.75) is 18.9 Å². The number of rotatable bonds is 2. The second-order valence-electron chi connectivity index (χ2n) is 3.42. The fourth-order valence-corrected chi connectivity index (χ4v) is 2.45. The minimum Gasteiger partial charge on any atom is -0.386 e. The molecule has 1 aromatic heterocycles. The Bertz CT molecular complexity index is 244. The molecule has 1 aliphatic heterocycles. The van der Waals surface area contributed by atoms with Crippen molar-refractivity contribution < 1.29 is 5.11 Å². The molecule has 2 unspecified atom stereocenters. The number of nitrogens with one attached hydrogen (secondary N) is 1. The third kappa shape index (κ3) is 2.07. The molecule has 0 amide bonds. The van der Waals surface area contributed by atoms with E-state index in [-0.39, 0.29) is 6.10 Å². The first kappa shape index (κ1) is 9.12. The average Bonchev–Trinajstić information content (AvgIpc) is 2.71. The summed E-state index contributed by atoms with van der Waals surface area (Å²) in [4.78, 5) is 4.13. The Morgan fingerprint density at radius 2 is 2.62 bits per heavy atom. The van der Waals surface area contributed by atoms with Crippen LogP contribution in [0.25, 0.3) is 0 Å². The molecule has 0 saturated carbocycles. The minimum absolute atomic E-state index is 0.347. The molecule has 2 heterocycles. The SMILES string of the molecule is OC(c1nccs1)C1CCCNC1. The molecule has 72 valence electrons. The first-order chi connectivity index (χ1) is 6.38. The maximum Gasteiger partial charge on any atom is 0.121 e. The highest BCUT2D eigenvalue weighted by Crippen LogP contribution is 2.27. The van der Waals surface area contributed by atoms with Gasteiger partial charge in [0.25, 0.3) is 0 Å². The zero-order valence-electron chi connectivity index (χ0n) is 7.44. The van der Waals surface area contributed by atoms with Crippen molar-refractivity contribution in [3.63, 3.8) is 0 Å².